The van der Waals surface area contributed by atoms with Crippen LogP contribution in [-0.4, -0.2) is 18.2 Å². The fourth-order valence-corrected chi connectivity index (χ4v) is 1.31. The van der Waals surface area contributed by atoms with Gasteiger partial charge < -0.3 is 5.32 Å². The van der Waals surface area contributed by atoms with E-state index in [-0.39, 0.29) is 6.67 Å². The van der Waals surface area contributed by atoms with E-state index in [9.17, 15) is 4.39 Å². The average molecular weight is 247 g/mol. The summed E-state index contributed by atoms with van der Waals surface area (Å²) in [5.74, 6) is 0.786. The van der Waals surface area contributed by atoms with Crippen molar-refractivity contribution in [2.45, 2.75) is 13.3 Å². The molecule has 0 aliphatic heterocycles. The van der Waals surface area contributed by atoms with Gasteiger partial charge in [0, 0.05) is 12.7 Å². The molecule has 1 heterocycles. The van der Waals surface area contributed by atoms with Crippen molar-refractivity contribution < 1.29 is 4.39 Å². The normalized spacial score (nSPS) is 10.1. The van der Waals surface area contributed by atoms with Crippen LogP contribution in [0.2, 0.25) is 0 Å². The first-order chi connectivity index (χ1) is 6.25. The molecule has 1 N–H and O–H groups in total. The highest BCUT2D eigenvalue weighted by atomic mass is 79.9. The van der Waals surface area contributed by atoms with Gasteiger partial charge in [0.1, 0.15) is 5.82 Å². The first kappa shape index (κ1) is 10.4. The summed E-state index contributed by atoms with van der Waals surface area (Å²) in [5.41, 5.74) is 1.12. The van der Waals surface area contributed by atoms with Gasteiger partial charge in [0.15, 0.2) is 0 Å². The van der Waals surface area contributed by atoms with Gasteiger partial charge >= 0.3 is 0 Å². The van der Waals surface area contributed by atoms with Crippen molar-refractivity contribution >= 4 is 21.7 Å². The van der Waals surface area contributed by atoms with E-state index in [0.717, 1.165) is 15.9 Å². The van der Waals surface area contributed by atoms with E-state index in [2.05, 4.69) is 26.2 Å². The number of aryl methyl sites for hydroxylation is 1. The minimum absolute atomic E-state index is 0.295. The van der Waals surface area contributed by atoms with E-state index >= 15 is 0 Å². The van der Waals surface area contributed by atoms with Crippen LogP contribution in [0.3, 0.4) is 0 Å². The van der Waals surface area contributed by atoms with Gasteiger partial charge in [-0.05, 0) is 40.9 Å². The number of halogens is 2. The van der Waals surface area contributed by atoms with Crippen LogP contribution in [0.25, 0.3) is 0 Å². The molecule has 1 rings (SSSR count). The molecule has 0 saturated heterocycles. The van der Waals surface area contributed by atoms with Crippen LogP contribution in [0, 0.1) is 6.92 Å². The Kier molecular flexibility index (Phi) is 4.15. The molecule has 1 aromatic rings. The maximum atomic E-state index is 11.8. The molecule has 0 radical (unpaired) electrons. The highest BCUT2D eigenvalue weighted by Crippen LogP contribution is 2.22. The van der Waals surface area contributed by atoms with Crippen LogP contribution in [0.5, 0.6) is 0 Å². The molecule has 0 atom stereocenters. The smallest absolute Gasteiger partial charge is 0.140 e. The number of aromatic nitrogens is 1. The predicted octanol–water partition coefficient (Wildman–Crippen LogP) is 2.92. The lowest BCUT2D eigenvalue weighted by atomic mass is 10.3. The van der Waals surface area contributed by atoms with E-state index in [1.807, 2.05) is 13.0 Å². The Bertz CT molecular complexity index is 278. The third-order valence-corrected chi connectivity index (χ3v) is 2.69. The molecule has 0 unspecified atom stereocenters. The summed E-state index contributed by atoms with van der Waals surface area (Å²) in [7, 11) is 0. The number of rotatable bonds is 4. The summed E-state index contributed by atoms with van der Waals surface area (Å²) >= 11 is 3.41. The zero-order valence-electron chi connectivity index (χ0n) is 7.48. The Morgan fingerprint density at radius 1 is 1.62 bits per heavy atom. The molecule has 0 bridgehead atoms. The number of nitrogens with zero attached hydrogens (tertiary/aromatic N) is 1. The maximum absolute atomic E-state index is 11.8. The molecule has 1 aromatic heterocycles. The first-order valence-electron chi connectivity index (χ1n) is 4.16. The molecule has 72 valence electrons. The van der Waals surface area contributed by atoms with Crippen LogP contribution in [0.15, 0.2) is 16.7 Å². The van der Waals surface area contributed by atoms with Gasteiger partial charge in [-0.25, -0.2) is 4.98 Å². The number of nitrogens with one attached hydrogen (secondary N) is 1. The van der Waals surface area contributed by atoms with Crippen molar-refractivity contribution in [2.24, 2.45) is 0 Å². The molecule has 0 aliphatic rings. The molecule has 2 nitrogen and oxygen atoms in total. The third kappa shape index (κ3) is 2.95. The molecule has 0 amide bonds. The Morgan fingerprint density at radius 2 is 2.38 bits per heavy atom. The summed E-state index contributed by atoms with van der Waals surface area (Å²) in [6.07, 6.45) is 2.25. The van der Waals surface area contributed by atoms with Crippen molar-refractivity contribution in [2.75, 3.05) is 18.5 Å². The van der Waals surface area contributed by atoms with Crippen molar-refractivity contribution in [3.05, 3.63) is 22.3 Å². The van der Waals surface area contributed by atoms with E-state index < -0.39 is 0 Å². The number of hydrogen-bond donors (Lipinski definition) is 1. The van der Waals surface area contributed by atoms with Gasteiger partial charge in [-0.1, -0.05) is 0 Å². The molecule has 4 heteroatoms. The average Bonchev–Trinajstić information content (AvgIpc) is 2.13. The summed E-state index contributed by atoms with van der Waals surface area (Å²) in [5, 5.41) is 3.06. The second-order valence-electron chi connectivity index (χ2n) is 2.76. The van der Waals surface area contributed by atoms with Crippen molar-refractivity contribution in [1.82, 2.24) is 4.98 Å². The maximum Gasteiger partial charge on any atom is 0.140 e. The van der Waals surface area contributed by atoms with Gasteiger partial charge in [-0.2, -0.15) is 0 Å². The molecule has 0 saturated carbocycles. The molecular weight excluding hydrogens is 235 g/mol. The summed E-state index contributed by atoms with van der Waals surface area (Å²) < 4.78 is 12.8. The van der Waals surface area contributed by atoms with Gasteiger partial charge in [0.25, 0.3) is 0 Å². The zero-order chi connectivity index (χ0) is 9.68. The fourth-order valence-electron chi connectivity index (χ4n) is 0.937. The fraction of sp³-hybridized carbons (Fsp3) is 0.444. The molecule has 0 fully saturated rings. The number of pyridine rings is 1. The van der Waals surface area contributed by atoms with Crippen LogP contribution in [0.1, 0.15) is 12.0 Å². The zero-order valence-corrected chi connectivity index (χ0v) is 9.07. The summed E-state index contributed by atoms with van der Waals surface area (Å²) in [4.78, 5) is 4.13. The minimum atomic E-state index is -0.295. The van der Waals surface area contributed by atoms with Gasteiger partial charge in [-0.15, -0.1) is 0 Å². The van der Waals surface area contributed by atoms with Crippen molar-refractivity contribution in [1.29, 1.82) is 0 Å². The monoisotopic (exact) mass is 246 g/mol. The van der Waals surface area contributed by atoms with Crippen molar-refractivity contribution in [3.63, 3.8) is 0 Å². The van der Waals surface area contributed by atoms with E-state index in [4.69, 9.17) is 0 Å². The highest BCUT2D eigenvalue weighted by Gasteiger charge is 2.01. The molecular formula is C9H12BrFN2. The topological polar surface area (TPSA) is 24.9 Å². The van der Waals surface area contributed by atoms with E-state index in [1.165, 1.54) is 0 Å². The molecule has 0 spiro atoms. The highest BCUT2D eigenvalue weighted by molar-refractivity contribution is 9.10. The Balaban J connectivity index is 2.61. The quantitative estimate of drug-likeness (QED) is 0.827. The lowest BCUT2D eigenvalue weighted by Crippen LogP contribution is -2.04. The van der Waals surface area contributed by atoms with Crippen LogP contribution in [-0.2, 0) is 0 Å². The largest absolute Gasteiger partial charge is 0.369 e. The van der Waals surface area contributed by atoms with Crippen LogP contribution < -0.4 is 5.32 Å². The number of anilines is 1. The molecule has 0 aliphatic carbocycles. The van der Waals surface area contributed by atoms with E-state index in [1.54, 1.807) is 6.20 Å². The van der Waals surface area contributed by atoms with Crippen LogP contribution in [0.4, 0.5) is 10.2 Å². The summed E-state index contributed by atoms with van der Waals surface area (Å²) in [6.45, 7) is 2.31. The Hall–Kier alpha value is -0.640. The Morgan fingerprint density at radius 3 is 3.08 bits per heavy atom. The predicted molar refractivity (Wildman–Crippen MR) is 55.8 cm³/mol. The number of hydrogen-bond acceptors (Lipinski definition) is 2. The lowest BCUT2D eigenvalue weighted by molar-refractivity contribution is 0.481. The molecule has 13 heavy (non-hydrogen) atoms. The third-order valence-electron chi connectivity index (χ3n) is 1.69. The van der Waals surface area contributed by atoms with E-state index in [0.29, 0.717) is 13.0 Å². The van der Waals surface area contributed by atoms with Gasteiger partial charge in [0.2, 0.25) is 0 Å². The van der Waals surface area contributed by atoms with Gasteiger partial charge in [-0.3, -0.25) is 4.39 Å². The van der Waals surface area contributed by atoms with Crippen molar-refractivity contribution in [3.8, 4) is 0 Å². The molecule has 0 aromatic carbocycles. The first-order valence-corrected chi connectivity index (χ1v) is 4.96. The van der Waals surface area contributed by atoms with Crippen LogP contribution >= 0.6 is 15.9 Å². The summed E-state index contributed by atoms with van der Waals surface area (Å²) in [6, 6.07) is 1.92. The van der Waals surface area contributed by atoms with Gasteiger partial charge in [0.05, 0.1) is 11.1 Å². The second kappa shape index (κ2) is 5.17. The Labute approximate surface area is 85.7 Å². The second-order valence-corrected chi connectivity index (χ2v) is 3.55. The minimum Gasteiger partial charge on any atom is -0.369 e. The lowest BCUT2D eigenvalue weighted by Gasteiger charge is -2.07. The standard InChI is InChI=1S/C9H12BrFN2/c1-7-3-6-13-9(8(7)10)12-5-2-4-11/h3,6H,2,4-5H2,1H3,(H,12,13). The number of alkyl halides is 1. The SMILES string of the molecule is Cc1ccnc(NCCCF)c1Br.